The van der Waals surface area contributed by atoms with Gasteiger partial charge in [-0.2, -0.15) is 0 Å². The number of carbonyl (C=O) groups excluding carboxylic acids is 1. The fourth-order valence-corrected chi connectivity index (χ4v) is 4.02. The lowest BCUT2D eigenvalue weighted by molar-refractivity contribution is -0.131. The Labute approximate surface area is 168 Å². The summed E-state index contributed by atoms with van der Waals surface area (Å²) in [7, 11) is 3.13. The van der Waals surface area contributed by atoms with Crippen LogP contribution in [0.4, 0.5) is 15.9 Å². The molecular weight excluding hydrogens is 375 g/mol. The van der Waals surface area contributed by atoms with Crippen molar-refractivity contribution in [3.05, 3.63) is 47.9 Å². The number of halogens is 1. The number of anilines is 2. The zero-order chi connectivity index (χ0) is 20.5. The van der Waals surface area contributed by atoms with E-state index in [1.165, 1.54) is 18.2 Å². The zero-order valence-electron chi connectivity index (χ0n) is 16.6. The number of para-hydroxylation sites is 1. The number of amides is 1. The smallest absolute Gasteiger partial charge is 0.244 e. The van der Waals surface area contributed by atoms with Crippen LogP contribution in [0.25, 0.3) is 0 Å². The number of fused-ring (bicyclic) bond motifs is 1. The van der Waals surface area contributed by atoms with Crippen molar-refractivity contribution < 1.29 is 13.9 Å². The molecule has 1 aromatic carbocycles. The molecule has 4 atom stereocenters. The molecule has 0 saturated carbocycles. The van der Waals surface area contributed by atoms with E-state index in [0.717, 1.165) is 11.4 Å². The Bertz CT molecular complexity index is 910. The summed E-state index contributed by atoms with van der Waals surface area (Å²) in [6.07, 6.45) is 1.93. The van der Waals surface area contributed by atoms with E-state index in [2.05, 4.69) is 26.4 Å². The van der Waals surface area contributed by atoms with Crippen molar-refractivity contribution >= 4 is 17.4 Å². The summed E-state index contributed by atoms with van der Waals surface area (Å²) in [6, 6.07) is 8.36. The van der Waals surface area contributed by atoms with Gasteiger partial charge < -0.3 is 15.4 Å². The van der Waals surface area contributed by atoms with Crippen molar-refractivity contribution in [1.29, 1.82) is 0 Å². The number of nitrogens with zero attached hydrogens (tertiary/aromatic N) is 2. The van der Waals surface area contributed by atoms with Crippen LogP contribution in [0.2, 0.25) is 0 Å². The highest BCUT2D eigenvalue weighted by molar-refractivity contribution is 5.82. The summed E-state index contributed by atoms with van der Waals surface area (Å²) >= 11 is 0. The molecule has 2 aromatic rings. The molecule has 29 heavy (non-hydrogen) atoms. The number of aromatic nitrogens is 1. The van der Waals surface area contributed by atoms with Gasteiger partial charge in [0.1, 0.15) is 5.82 Å². The molecule has 2 saturated heterocycles. The first-order chi connectivity index (χ1) is 14.0. The highest BCUT2D eigenvalue weighted by atomic mass is 19.1. The molecule has 0 aliphatic carbocycles. The SMILES string of the molecule is COc1c(F)cccc1NC1CC(Nc2cc(C)ccn2)NC2NN(C)C(=O)C12. The van der Waals surface area contributed by atoms with Crippen LogP contribution in [-0.2, 0) is 4.79 Å². The highest BCUT2D eigenvalue weighted by Crippen LogP contribution is 2.33. The minimum absolute atomic E-state index is 0.0255. The maximum Gasteiger partial charge on any atom is 0.244 e. The van der Waals surface area contributed by atoms with Gasteiger partial charge in [0.15, 0.2) is 11.6 Å². The van der Waals surface area contributed by atoms with Crippen molar-refractivity contribution in [1.82, 2.24) is 20.7 Å². The summed E-state index contributed by atoms with van der Waals surface area (Å²) in [4.78, 5) is 17.1. The molecule has 1 amide bonds. The zero-order valence-corrected chi connectivity index (χ0v) is 16.6. The number of ether oxygens (including phenoxy) is 1. The Morgan fingerprint density at radius 1 is 1.31 bits per heavy atom. The predicted octanol–water partition coefficient (Wildman–Crippen LogP) is 1.67. The van der Waals surface area contributed by atoms with Gasteiger partial charge in [-0.1, -0.05) is 6.07 Å². The third-order valence-electron chi connectivity index (χ3n) is 5.36. The predicted molar refractivity (Wildman–Crippen MR) is 108 cm³/mol. The quantitative estimate of drug-likeness (QED) is 0.607. The first-order valence-corrected chi connectivity index (χ1v) is 9.54. The lowest BCUT2D eigenvalue weighted by Crippen LogP contribution is -2.60. The number of carbonyl (C=O) groups is 1. The van der Waals surface area contributed by atoms with Crippen molar-refractivity contribution in [2.75, 3.05) is 24.8 Å². The number of hydrazine groups is 1. The summed E-state index contributed by atoms with van der Waals surface area (Å²) in [5, 5.41) is 11.6. The second-order valence-electron chi connectivity index (χ2n) is 7.42. The molecule has 3 heterocycles. The van der Waals surface area contributed by atoms with Crippen molar-refractivity contribution in [2.45, 2.75) is 31.7 Å². The first-order valence-electron chi connectivity index (χ1n) is 9.54. The topological polar surface area (TPSA) is 90.5 Å². The summed E-state index contributed by atoms with van der Waals surface area (Å²) < 4.78 is 19.4. The van der Waals surface area contributed by atoms with Crippen molar-refractivity contribution in [2.24, 2.45) is 5.92 Å². The second kappa shape index (κ2) is 7.84. The van der Waals surface area contributed by atoms with E-state index in [0.29, 0.717) is 12.1 Å². The van der Waals surface area contributed by atoms with Crippen LogP contribution >= 0.6 is 0 Å². The fourth-order valence-electron chi connectivity index (χ4n) is 4.02. The fraction of sp³-hybridized carbons (Fsp3) is 0.400. The van der Waals surface area contributed by atoms with Gasteiger partial charge in [-0.3, -0.25) is 15.1 Å². The molecule has 2 aliphatic rings. The van der Waals surface area contributed by atoms with Crippen LogP contribution < -0.4 is 26.1 Å². The Morgan fingerprint density at radius 3 is 2.90 bits per heavy atom. The number of benzene rings is 1. The number of hydrogen-bond acceptors (Lipinski definition) is 7. The Kier molecular flexibility index (Phi) is 5.25. The largest absolute Gasteiger partial charge is 0.492 e. The number of rotatable bonds is 5. The van der Waals surface area contributed by atoms with Gasteiger partial charge in [0, 0.05) is 25.7 Å². The molecule has 2 fully saturated rings. The maximum absolute atomic E-state index is 14.1. The summed E-state index contributed by atoms with van der Waals surface area (Å²) in [6.45, 7) is 2.00. The monoisotopic (exact) mass is 400 g/mol. The average molecular weight is 400 g/mol. The molecule has 154 valence electrons. The van der Waals surface area contributed by atoms with E-state index in [1.807, 2.05) is 19.1 Å². The van der Waals surface area contributed by atoms with Gasteiger partial charge in [0.2, 0.25) is 5.91 Å². The van der Waals surface area contributed by atoms with Crippen LogP contribution in [-0.4, -0.2) is 48.4 Å². The van der Waals surface area contributed by atoms with E-state index >= 15 is 0 Å². The van der Waals surface area contributed by atoms with E-state index < -0.39 is 5.82 Å². The van der Waals surface area contributed by atoms with Gasteiger partial charge >= 0.3 is 0 Å². The number of nitrogens with one attached hydrogen (secondary N) is 4. The van der Waals surface area contributed by atoms with E-state index in [-0.39, 0.29) is 35.9 Å². The van der Waals surface area contributed by atoms with Crippen LogP contribution in [0, 0.1) is 18.7 Å². The van der Waals surface area contributed by atoms with Crippen LogP contribution in [0.15, 0.2) is 36.5 Å². The lowest BCUT2D eigenvalue weighted by Gasteiger charge is -2.39. The van der Waals surface area contributed by atoms with Crippen molar-refractivity contribution in [3.63, 3.8) is 0 Å². The molecule has 4 unspecified atom stereocenters. The van der Waals surface area contributed by atoms with Crippen LogP contribution in [0.1, 0.15) is 12.0 Å². The summed E-state index contributed by atoms with van der Waals surface area (Å²) in [5.41, 5.74) is 4.78. The van der Waals surface area contributed by atoms with E-state index in [4.69, 9.17) is 4.74 Å². The highest BCUT2D eigenvalue weighted by Gasteiger charge is 2.48. The minimum atomic E-state index is -0.449. The first kappa shape index (κ1) is 19.4. The molecule has 8 nitrogen and oxygen atoms in total. The molecule has 2 aliphatic heterocycles. The molecule has 0 radical (unpaired) electrons. The standard InChI is InChI=1S/C20H25FN6O2/c1-11-7-8-22-15(9-11)24-16-10-14(17-19(25-16)26-27(2)20(17)28)23-13-6-4-5-12(21)18(13)29-3/h4-9,14,16-17,19,23,25-26H,10H2,1-3H3,(H,22,24). The molecule has 1 aromatic heterocycles. The molecule has 4 rings (SSSR count). The van der Waals surface area contributed by atoms with Crippen LogP contribution in [0.5, 0.6) is 5.75 Å². The Balaban J connectivity index is 1.59. The van der Waals surface area contributed by atoms with Gasteiger partial charge in [-0.25, -0.2) is 14.8 Å². The lowest BCUT2D eigenvalue weighted by atomic mass is 9.88. The summed E-state index contributed by atoms with van der Waals surface area (Å²) in [5.74, 6) is 0.0634. The number of pyridine rings is 1. The number of piperidine rings is 1. The average Bonchev–Trinajstić information content (AvgIpc) is 2.96. The Morgan fingerprint density at radius 2 is 2.14 bits per heavy atom. The second-order valence-corrected chi connectivity index (χ2v) is 7.42. The van der Waals surface area contributed by atoms with Gasteiger partial charge in [0.25, 0.3) is 0 Å². The van der Waals surface area contributed by atoms with Gasteiger partial charge in [0.05, 0.1) is 31.0 Å². The maximum atomic E-state index is 14.1. The molecule has 0 spiro atoms. The van der Waals surface area contributed by atoms with Gasteiger partial charge in [-0.15, -0.1) is 0 Å². The molecule has 0 bridgehead atoms. The number of hydrogen-bond donors (Lipinski definition) is 4. The number of methoxy groups -OCH3 is 1. The Hall–Kier alpha value is -2.91. The normalized spacial score (nSPS) is 26.2. The molecule has 4 N–H and O–H groups in total. The molecule has 9 heteroatoms. The third-order valence-corrected chi connectivity index (χ3v) is 5.36. The van der Waals surface area contributed by atoms with E-state index in [1.54, 1.807) is 25.4 Å². The van der Waals surface area contributed by atoms with Gasteiger partial charge in [-0.05, 0) is 36.8 Å². The molecular formula is C20H25FN6O2. The minimum Gasteiger partial charge on any atom is -0.492 e. The van der Waals surface area contributed by atoms with Crippen LogP contribution in [0.3, 0.4) is 0 Å². The number of aryl methyl sites for hydroxylation is 1. The van der Waals surface area contributed by atoms with Crippen molar-refractivity contribution in [3.8, 4) is 5.75 Å². The van der Waals surface area contributed by atoms with E-state index in [9.17, 15) is 9.18 Å². The third kappa shape index (κ3) is 3.83.